The number of rotatable bonds is 8. The Morgan fingerprint density at radius 1 is 0.969 bits per heavy atom. The highest BCUT2D eigenvalue weighted by Crippen LogP contribution is 2.31. The van der Waals surface area contributed by atoms with Crippen molar-refractivity contribution in [2.45, 2.75) is 6.61 Å². The van der Waals surface area contributed by atoms with Crippen LogP contribution in [-0.2, 0) is 11.3 Å². The zero-order valence-electron chi connectivity index (χ0n) is 17.3. The number of aromatic nitrogens is 3. The number of hydrogen-bond acceptors (Lipinski definition) is 9. The van der Waals surface area contributed by atoms with Crippen molar-refractivity contribution in [3.63, 3.8) is 0 Å². The Bertz CT molecular complexity index is 1210. The lowest BCUT2D eigenvalue weighted by Crippen LogP contribution is -2.08. The fourth-order valence-electron chi connectivity index (χ4n) is 2.84. The second-order valence-corrected chi connectivity index (χ2v) is 6.43. The number of benzene rings is 2. The lowest BCUT2D eigenvalue weighted by atomic mass is 10.2. The molecule has 4 aromatic rings. The van der Waals surface area contributed by atoms with Gasteiger partial charge in [0, 0.05) is 11.8 Å². The maximum atomic E-state index is 12.6. The van der Waals surface area contributed by atoms with Crippen molar-refractivity contribution >= 4 is 5.97 Å². The first-order chi connectivity index (χ1) is 15.7. The Kier molecular flexibility index (Phi) is 6.26. The van der Waals surface area contributed by atoms with Crippen LogP contribution >= 0.6 is 0 Å². The van der Waals surface area contributed by atoms with E-state index in [1.165, 1.54) is 13.3 Å². The number of carbonyl (C=O) groups excluding carboxylic acids is 1. The van der Waals surface area contributed by atoms with Gasteiger partial charge in [0.15, 0.2) is 18.1 Å². The molecule has 0 aliphatic heterocycles. The summed E-state index contributed by atoms with van der Waals surface area (Å²) in [6.07, 6.45) is 1.53. The van der Waals surface area contributed by atoms with Crippen LogP contribution in [0.4, 0.5) is 0 Å². The van der Waals surface area contributed by atoms with Gasteiger partial charge in [-0.3, -0.25) is 0 Å². The van der Waals surface area contributed by atoms with Crippen molar-refractivity contribution in [3.8, 4) is 34.5 Å². The molecule has 9 heteroatoms. The molecule has 0 atom stereocenters. The summed E-state index contributed by atoms with van der Waals surface area (Å²) in [6, 6.07) is 17.4. The van der Waals surface area contributed by atoms with Crippen LogP contribution in [0.1, 0.15) is 16.2 Å². The topological polar surface area (TPSA) is 106 Å². The van der Waals surface area contributed by atoms with E-state index in [1.807, 2.05) is 18.2 Å². The number of hydrogen-bond donors (Lipinski definition) is 0. The maximum absolute atomic E-state index is 12.6. The van der Waals surface area contributed by atoms with E-state index in [-0.39, 0.29) is 23.9 Å². The summed E-state index contributed by atoms with van der Waals surface area (Å²) >= 11 is 0. The second kappa shape index (κ2) is 9.61. The molecular formula is C23H19N3O6. The molecule has 4 rings (SSSR count). The number of nitrogens with zero attached hydrogens (tertiary/aromatic N) is 3. The quantitative estimate of drug-likeness (QED) is 0.376. The average Bonchev–Trinajstić information content (AvgIpc) is 3.32. The van der Waals surface area contributed by atoms with Crippen LogP contribution in [0.5, 0.6) is 23.1 Å². The van der Waals surface area contributed by atoms with E-state index >= 15 is 0 Å². The lowest BCUT2D eigenvalue weighted by Gasteiger charge is -2.09. The number of methoxy groups -OCH3 is 2. The molecule has 2 heterocycles. The van der Waals surface area contributed by atoms with Gasteiger partial charge < -0.3 is 23.5 Å². The molecule has 2 aromatic carbocycles. The maximum Gasteiger partial charge on any atom is 0.344 e. The van der Waals surface area contributed by atoms with Gasteiger partial charge in [0.1, 0.15) is 11.3 Å². The fraction of sp³-hybridized carbons (Fsp3) is 0.130. The van der Waals surface area contributed by atoms with Crippen LogP contribution < -0.4 is 14.2 Å². The van der Waals surface area contributed by atoms with Crippen molar-refractivity contribution in [3.05, 3.63) is 78.3 Å². The van der Waals surface area contributed by atoms with E-state index < -0.39 is 5.97 Å². The van der Waals surface area contributed by atoms with Crippen molar-refractivity contribution in [1.82, 2.24) is 15.1 Å². The van der Waals surface area contributed by atoms with E-state index in [4.69, 9.17) is 23.5 Å². The summed E-state index contributed by atoms with van der Waals surface area (Å²) in [5.74, 6) is 1.64. The van der Waals surface area contributed by atoms with Crippen molar-refractivity contribution < 1.29 is 28.3 Å². The summed E-state index contributed by atoms with van der Waals surface area (Å²) in [5, 5.41) is 3.93. The van der Waals surface area contributed by atoms with Crippen LogP contribution in [0, 0.1) is 0 Å². The largest absolute Gasteiger partial charge is 0.493 e. The molecule has 9 nitrogen and oxygen atoms in total. The minimum atomic E-state index is -0.630. The summed E-state index contributed by atoms with van der Waals surface area (Å²) in [6.45, 7) is -0.210. The van der Waals surface area contributed by atoms with Crippen molar-refractivity contribution in [2.24, 2.45) is 0 Å². The van der Waals surface area contributed by atoms with Gasteiger partial charge in [0.2, 0.25) is 11.7 Å². The monoisotopic (exact) mass is 433 g/mol. The molecule has 0 N–H and O–H groups in total. The molecule has 0 amide bonds. The third kappa shape index (κ3) is 4.67. The normalized spacial score (nSPS) is 10.4. The minimum absolute atomic E-state index is 0.137. The van der Waals surface area contributed by atoms with Crippen LogP contribution in [0.25, 0.3) is 11.4 Å². The number of pyridine rings is 1. The van der Waals surface area contributed by atoms with Gasteiger partial charge in [0.25, 0.3) is 5.89 Å². The predicted molar refractivity (Wildman–Crippen MR) is 113 cm³/mol. The predicted octanol–water partition coefficient (Wildman–Crippen LogP) is 4.30. The van der Waals surface area contributed by atoms with E-state index in [2.05, 4.69) is 15.1 Å². The Balaban J connectivity index is 1.44. The second-order valence-electron chi connectivity index (χ2n) is 6.43. The molecule has 0 aliphatic carbocycles. The van der Waals surface area contributed by atoms with Gasteiger partial charge in [-0.1, -0.05) is 23.4 Å². The van der Waals surface area contributed by atoms with Crippen molar-refractivity contribution in [2.75, 3.05) is 14.2 Å². The first-order valence-electron chi connectivity index (χ1n) is 9.58. The summed E-state index contributed by atoms with van der Waals surface area (Å²) in [7, 11) is 3.09. The zero-order chi connectivity index (χ0) is 22.3. The van der Waals surface area contributed by atoms with Crippen LogP contribution in [0.15, 0.2) is 71.4 Å². The highest BCUT2D eigenvalue weighted by molar-refractivity contribution is 5.91. The zero-order valence-corrected chi connectivity index (χ0v) is 17.3. The van der Waals surface area contributed by atoms with Gasteiger partial charge in [-0.05, 0) is 42.5 Å². The number of ether oxygens (including phenoxy) is 4. The first kappa shape index (κ1) is 20.9. The molecule has 0 aliphatic rings. The number of esters is 1. The van der Waals surface area contributed by atoms with E-state index in [0.29, 0.717) is 28.6 Å². The van der Waals surface area contributed by atoms with E-state index in [1.54, 1.807) is 49.6 Å². The Morgan fingerprint density at radius 3 is 2.56 bits per heavy atom. The van der Waals surface area contributed by atoms with Crippen LogP contribution in [-0.4, -0.2) is 35.3 Å². The fourth-order valence-corrected chi connectivity index (χ4v) is 2.84. The number of carbonyl (C=O) groups is 1. The lowest BCUT2D eigenvalue weighted by molar-refractivity contribution is 0.0426. The molecule has 162 valence electrons. The molecule has 0 spiro atoms. The molecule has 0 saturated carbocycles. The van der Waals surface area contributed by atoms with Crippen LogP contribution in [0.3, 0.4) is 0 Å². The number of para-hydroxylation sites is 1. The Labute approximate surface area is 183 Å². The minimum Gasteiger partial charge on any atom is -0.493 e. The first-order valence-corrected chi connectivity index (χ1v) is 9.58. The van der Waals surface area contributed by atoms with Gasteiger partial charge >= 0.3 is 5.97 Å². The van der Waals surface area contributed by atoms with E-state index in [0.717, 1.165) is 0 Å². The smallest absolute Gasteiger partial charge is 0.344 e. The van der Waals surface area contributed by atoms with Gasteiger partial charge in [0.05, 0.1) is 14.2 Å². The van der Waals surface area contributed by atoms with E-state index in [9.17, 15) is 4.79 Å². The summed E-state index contributed by atoms with van der Waals surface area (Å²) in [5.41, 5.74) is 0.839. The van der Waals surface area contributed by atoms with Gasteiger partial charge in [-0.2, -0.15) is 4.98 Å². The van der Waals surface area contributed by atoms with Gasteiger partial charge in [-0.25, -0.2) is 9.78 Å². The molecule has 32 heavy (non-hydrogen) atoms. The molecular weight excluding hydrogens is 414 g/mol. The molecule has 0 saturated heterocycles. The molecule has 2 aromatic heterocycles. The summed E-state index contributed by atoms with van der Waals surface area (Å²) in [4.78, 5) is 21.0. The third-order valence-corrected chi connectivity index (χ3v) is 4.39. The molecule has 0 fully saturated rings. The third-order valence-electron chi connectivity index (χ3n) is 4.39. The highest BCUT2D eigenvalue weighted by Gasteiger charge is 2.18. The Hall–Kier alpha value is -4.40. The van der Waals surface area contributed by atoms with Crippen molar-refractivity contribution in [1.29, 1.82) is 0 Å². The highest BCUT2D eigenvalue weighted by atomic mass is 16.6. The standard InChI is InChI=1S/C23H19N3O6/c1-28-18-11-10-15(13-19(18)29-2)21-25-20(32-26-21)14-30-23(27)17-9-6-12-24-22(17)31-16-7-4-3-5-8-16/h3-13H,14H2,1-2H3. The Morgan fingerprint density at radius 2 is 1.78 bits per heavy atom. The SMILES string of the molecule is COc1ccc(-c2noc(COC(=O)c3cccnc3Oc3ccccc3)n2)cc1OC. The van der Waals surface area contributed by atoms with Gasteiger partial charge in [-0.15, -0.1) is 0 Å². The average molecular weight is 433 g/mol. The van der Waals surface area contributed by atoms with Crippen LogP contribution in [0.2, 0.25) is 0 Å². The molecule has 0 radical (unpaired) electrons. The molecule has 0 unspecified atom stereocenters. The summed E-state index contributed by atoms with van der Waals surface area (Å²) < 4.78 is 26.7. The molecule has 0 bridgehead atoms.